The molecule has 160 valence electrons. The molecule has 9 heteroatoms. The molecule has 0 bridgehead atoms. The Hall–Kier alpha value is -3.75. The molecule has 0 aliphatic carbocycles. The van der Waals surface area contributed by atoms with Crippen LogP contribution in [-0.2, 0) is 16.1 Å². The Kier molecular flexibility index (Phi) is 6.21. The number of aromatic nitrogens is 3. The lowest BCUT2D eigenvalue weighted by Gasteiger charge is -2.31. The minimum Gasteiger partial charge on any atom is -0.370 e. The average Bonchev–Trinajstić information content (AvgIpc) is 2.83. The van der Waals surface area contributed by atoms with Crippen LogP contribution in [0.15, 0.2) is 59.9 Å². The fourth-order valence-electron chi connectivity index (χ4n) is 3.66. The molecule has 9 nitrogen and oxygen atoms in total. The molecule has 0 saturated carbocycles. The second kappa shape index (κ2) is 9.38. The van der Waals surface area contributed by atoms with Gasteiger partial charge in [0, 0.05) is 44.1 Å². The van der Waals surface area contributed by atoms with Gasteiger partial charge in [0.2, 0.25) is 11.8 Å². The highest BCUT2D eigenvalue weighted by atomic mass is 16.2. The number of nitrogens with zero attached hydrogens (tertiary/aromatic N) is 4. The minimum absolute atomic E-state index is 0.00866. The van der Waals surface area contributed by atoms with Gasteiger partial charge in [-0.05, 0) is 42.7 Å². The SMILES string of the molecule is O=C(NCc1ccncc1)C1CCN(C(=O)CNc2cnc3ccccn3c2=O)CC1. The number of carbonyl (C=O) groups is 2. The predicted octanol–water partition coefficient (Wildman–Crippen LogP) is 1.06. The minimum atomic E-state index is -0.247. The highest BCUT2D eigenvalue weighted by Gasteiger charge is 2.27. The molecule has 4 rings (SSSR count). The third kappa shape index (κ3) is 4.88. The Bertz CT molecular complexity index is 1120. The molecule has 0 atom stereocenters. The summed E-state index contributed by atoms with van der Waals surface area (Å²) in [6.07, 6.45) is 7.72. The zero-order valence-corrected chi connectivity index (χ0v) is 17.0. The fourth-order valence-corrected chi connectivity index (χ4v) is 3.66. The molecule has 3 aromatic rings. The highest BCUT2D eigenvalue weighted by molar-refractivity contribution is 5.82. The lowest BCUT2D eigenvalue weighted by Crippen LogP contribution is -2.44. The van der Waals surface area contributed by atoms with Gasteiger partial charge in [-0.15, -0.1) is 0 Å². The first-order valence-corrected chi connectivity index (χ1v) is 10.3. The number of carbonyl (C=O) groups excluding carboxylic acids is 2. The molecule has 2 N–H and O–H groups in total. The van der Waals surface area contributed by atoms with E-state index in [1.807, 2.05) is 12.1 Å². The van der Waals surface area contributed by atoms with Crippen molar-refractivity contribution in [3.63, 3.8) is 0 Å². The van der Waals surface area contributed by atoms with Gasteiger partial charge in [0.15, 0.2) is 0 Å². The molecule has 0 aromatic carbocycles. The van der Waals surface area contributed by atoms with Gasteiger partial charge in [-0.3, -0.25) is 23.8 Å². The van der Waals surface area contributed by atoms with Crippen molar-refractivity contribution >= 4 is 23.1 Å². The normalized spacial score (nSPS) is 14.4. The Labute approximate surface area is 179 Å². The van der Waals surface area contributed by atoms with E-state index in [2.05, 4.69) is 20.6 Å². The summed E-state index contributed by atoms with van der Waals surface area (Å²) in [6.45, 7) is 1.51. The Morgan fingerprint density at radius 2 is 1.87 bits per heavy atom. The number of anilines is 1. The second-order valence-electron chi connectivity index (χ2n) is 7.49. The maximum atomic E-state index is 12.6. The van der Waals surface area contributed by atoms with Gasteiger partial charge in [0.1, 0.15) is 11.3 Å². The lowest BCUT2D eigenvalue weighted by molar-refractivity contribution is -0.134. The van der Waals surface area contributed by atoms with Crippen LogP contribution in [-0.4, -0.2) is 50.7 Å². The standard InChI is InChI=1S/C22H24N6O3/c29-20(15-24-18-14-25-19-3-1-2-10-28(19)22(18)31)27-11-6-17(7-12-27)21(30)26-13-16-4-8-23-9-5-16/h1-5,8-10,14,17,24H,6-7,11-13,15H2,(H,26,30). The Morgan fingerprint density at radius 3 is 2.65 bits per heavy atom. The summed E-state index contributed by atoms with van der Waals surface area (Å²) in [5.41, 5.74) is 1.58. The molecular formula is C22H24N6O3. The first-order chi connectivity index (χ1) is 15.1. The van der Waals surface area contributed by atoms with Gasteiger partial charge in [-0.1, -0.05) is 6.07 Å². The molecule has 0 spiro atoms. The summed E-state index contributed by atoms with van der Waals surface area (Å²) in [4.78, 5) is 47.4. The number of likely N-dealkylation sites (tertiary alicyclic amines) is 1. The molecule has 1 fully saturated rings. The smallest absolute Gasteiger partial charge is 0.281 e. The summed E-state index contributed by atoms with van der Waals surface area (Å²) in [5.74, 6) is -0.196. The van der Waals surface area contributed by atoms with Crippen molar-refractivity contribution in [2.45, 2.75) is 19.4 Å². The largest absolute Gasteiger partial charge is 0.370 e. The Morgan fingerprint density at radius 1 is 1.10 bits per heavy atom. The summed E-state index contributed by atoms with van der Waals surface area (Å²) in [5, 5.41) is 5.86. The Balaban J connectivity index is 1.25. The van der Waals surface area contributed by atoms with Crippen LogP contribution in [0.1, 0.15) is 18.4 Å². The lowest BCUT2D eigenvalue weighted by atomic mass is 9.95. The summed E-state index contributed by atoms with van der Waals surface area (Å²) >= 11 is 0. The van der Waals surface area contributed by atoms with Crippen LogP contribution in [0, 0.1) is 5.92 Å². The van der Waals surface area contributed by atoms with Crippen LogP contribution < -0.4 is 16.2 Å². The van der Waals surface area contributed by atoms with Gasteiger partial charge in [0.05, 0.1) is 12.7 Å². The molecule has 1 aliphatic rings. The molecule has 3 aromatic heterocycles. The molecule has 2 amide bonds. The third-order valence-corrected chi connectivity index (χ3v) is 5.48. The van der Waals surface area contributed by atoms with Gasteiger partial charge < -0.3 is 15.5 Å². The van der Waals surface area contributed by atoms with Crippen LogP contribution in [0.25, 0.3) is 5.65 Å². The number of fused-ring (bicyclic) bond motifs is 1. The quantitative estimate of drug-likeness (QED) is 0.617. The molecule has 1 aliphatic heterocycles. The molecule has 0 radical (unpaired) electrons. The summed E-state index contributed by atoms with van der Waals surface area (Å²) < 4.78 is 1.43. The second-order valence-corrected chi connectivity index (χ2v) is 7.49. The predicted molar refractivity (Wildman–Crippen MR) is 115 cm³/mol. The number of nitrogens with one attached hydrogen (secondary N) is 2. The molecule has 1 saturated heterocycles. The van der Waals surface area contributed by atoms with Gasteiger partial charge in [-0.25, -0.2) is 4.98 Å². The van der Waals surface area contributed by atoms with Crippen molar-refractivity contribution in [2.75, 3.05) is 25.0 Å². The maximum absolute atomic E-state index is 12.6. The van der Waals surface area contributed by atoms with Gasteiger partial charge in [-0.2, -0.15) is 0 Å². The van der Waals surface area contributed by atoms with Crippen LogP contribution in [0.2, 0.25) is 0 Å². The van der Waals surface area contributed by atoms with Crippen LogP contribution in [0.5, 0.6) is 0 Å². The van der Waals surface area contributed by atoms with E-state index in [0.717, 1.165) is 5.56 Å². The van der Waals surface area contributed by atoms with Crippen LogP contribution >= 0.6 is 0 Å². The number of amides is 2. The van der Waals surface area contributed by atoms with E-state index < -0.39 is 0 Å². The first kappa shape index (κ1) is 20.5. The zero-order valence-electron chi connectivity index (χ0n) is 17.0. The van der Waals surface area contributed by atoms with Crippen molar-refractivity contribution in [3.05, 3.63) is 71.0 Å². The van der Waals surface area contributed by atoms with E-state index in [0.29, 0.717) is 38.1 Å². The molecule has 31 heavy (non-hydrogen) atoms. The van der Waals surface area contributed by atoms with Gasteiger partial charge in [0.25, 0.3) is 5.56 Å². The molecule has 4 heterocycles. The van der Waals surface area contributed by atoms with E-state index >= 15 is 0 Å². The van der Waals surface area contributed by atoms with Crippen molar-refractivity contribution < 1.29 is 9.59 Å². The first-order valence-electron chi connectivity index (χ1n) is 10.3. The van der Waals surface area contributed by atoms with E-state index in [-0.39, 0.29) is 35.5 Å². The number of rotatable bonds is 6. The molecular weight excluding hydrogens is 396 g/mol. The summed E-state index contributed by atoms with van der Waals surface area (Å²) in [7, 11) is 0. The highest BCUT2D eigenvalue weighted by Crippen LogP contribution is 2.18. The third-order valence-electron chi connectivity index (χ3n) is 5.48. The number of hydrogen-bond acceptors (Lipinski definition) is 6. The van der Waals surface area contributed by atoms with E-state index in [1.165, 1.54) is 10.6 Å². The number of piperidine rings is 1. The van der Waals surface area contributed by atoms with Crippen molar-refractivity contribution in [2.24, 2.45) is 5.92 Å². The fraction of sp³-hybridized carbons (Fsp3) is 0.318. The van der Waals surface area contributed by atoms with Gasteiger partial charge >= 0.3 is 0 Å². The monoisotopic (exact) mass is 420 g/mol. The summed E-state index contributed by atoms with van der Waals surface area (Å²) in [6, 6.07) is 9.04. The van der Waals surface area contributed by atoms with Crippen molar-refractivity contribution in [1.29, 1.82) is 0 Å². The number of hydrogen-bond donors (Lipinski definition) is 2. The van der Waals surface area contributed by atoms with E-state index in [4.69, 9.17) is 0 Å². The van der Waals surface area contributed by atoms with Crippen LogP contribution in [0.3, 0.4) is 0 Å². The van der Waals surface area contributed by atoms with E-state index in [9.17, 15) is 14.4 Å². The average molecular weight is 420 g/mol. The molecule has 0 unspecified atom stereocenters. The zero-order chi connectivity index (χ0) is 21.6. The van der Waals surface area contributed by atoms with Crippen molar-refractivity contribution in [3.8, 4) is 0 Å². The van der Waals surface area contributed by atoms with E-state index in [1.54, 1.807) is 41.7 Å². The van der Waals surface area contributed by atoms with Crippen LogP contribution in [0.4, 0.5) is 5.69 Å². The maximum Gasteiger partial charge on any atom is 0.281 e. The number of pyridine rings is 2. The van der Waals surface area contributed by atoms with Crippen molar-refractivity contribution in [1.82, 2.24) is 24.6 Å². The topological polar surface area (TPSA) is 109 Å².